The monoisotopic (exact) mass is 538 g/mol. The van der Waals surface area contributed by atoms with Gasteiger partial charge in [0, 0.05) is 19.7 Å². The molecule has 7 nitrogen and oxygen atoms in total. The van der Waals surface area contributed by atoms with Gasteiger partial charge in [0.1, 0.15) is 10.6 Å². The maximum atomic E-state index is 14.1. The van der Waals surface area contributed by atoms with Crippen molar-refractivity contribution in [3.05, 3.63) is 39.1 Å². The number of ether oxygens (including phenoxy) is 1. The molecule has 1 aliphatic heterocycles. The zero-order valence-corrected chi connectivity index (χ0v) is 22.0. The quantitative estimate of drug-likeness (QED) is 0.321. The molecule has 12 heteroatoms. The van der Waals surface area contributed by atoms with Crippen LogP contribution in [-0.2, 0) is 28.2 Å². The summed E-state index contributed by atoms with van der Waals surface area (Å²) in [5, 5.41) is 3.64. The van der Waals surface area contributed by atoms with Gasteiger partial charge in [-0.1, -0.05) is 23.2 Å². The Labute approximate surface area is 209 Å². The number of rotatable bonds is 10. The van der Waals surface area contributed by atoms with E-state index in [9.17, 15) is 17.2 Å². The Morgan fingerprint density at radius 2 is 1.88 bits per heavy atom. The number of nitrogens with zero attached hydrogens (tertiary/aromatic N) is 4. The molecule has 1 aliphatic rings. The lowest BCUT2D eigenvalue weighted by atomic mass is 10.1. The Kier molecular flexibility index (Phi) is 8.84. The smallest absolute Gasteiger partial charge is 0.328 e. The minimum Gasteiger partial charge on any atom is -0.380 e. The van der Waals surface area contributed by atoms with Gasteiger partial charge in [0.25, 0.3) is 10.0 Å². The number of sulfonamides is 1. The van der Waals surface area contributed by atoms with Crippen molar-refractivity contribution in [2.24, 2.45) is 7.05 Å². The third kappa shape index (κ3) is 5.67. The van der Waals surface area contributed by atoms with Crippen molar-refractivity contribution < 1.29 is 21.9 Å². The number of likely N-dealkylation sites (tertiary alicyclic amines) is 1. The first-order chi connectivity index (χ1) is 15.9. The fourth-order valence-electron chi connectivity index (χ4n) is 4.29. The van der Waals surface area contributed by atoms with E-state index in [1.807, 2.05) is 0 Å². The Bertz CT molecular complexity index is 1100. The number of aryl methyl sites for hydroxylation is 3. The molecule has 1 aromatic carbocycles. The van der Waals surface area contributed by atoms with Gasteiger partial charge in [-0.25, -0.2) is 12.7 Å². The molecule has 0 spiro atoms. The van der Waals surface area contributed by atoms with Gasteiger partial charge in [-0.2, -0.15) is 13.9 Å². The van der Waals surface area contributed by atoms with E-state index < -0.39 is 21.5 Å². The molecular formula is C22H30Cl2F2N4O3S. The minimum atomic E-state index is -4.77. The van der Waals surface area contributed by atoms with Crippen molar-refractivity contribution in [3.8, 4) is 0 Å². The average Bonchev–Trinajstić information content (AvgIpc) is 3.24. The summed E-state index contributed by atoms with van der Waals surface area (Å²) in [6, 6.07) is 3.35. The van der Waals surface area contributed by atoms with Crippen molar-refractivity contribution in [1.82, 2.24) is 14.7 Å². The minimum absolute atomic E-state index is 0.0330. The molecule has 0 aliphatic carbocycles. The first-order valence-electron chi connectivity index (χ1n) is 11.0. The summed E-state index contributed by atoms with van der Waals surface area (Å²) in [5.74, 6) is 0. The summed E-state index contributed by atoms with van der Waals surface area (Å²) in [6.07, 6.45) is 3.55. The topological polar surface area (TPSA) is 67.7 Å². The van der Waals surface area contributed by atoms with Crippen LogP contribution in [0.25, 0.3) is 0 Å². The number of hydrogen-bond donors (Lipinski definition) is 0. The van der Waals surface area contributed by atoms with Crippen molar-refractivity contribution in [3.63, 3.8) is 0 Å². The summed E-state index contributed by atoms with van der Waals surface area (Å²) in [7, 11) is -1.13. The fourth-order valence-corrected chi connectivity index (χ4v) is 6.93. The highest BCUT2D eigenvalue weighted by molar-refractivity contribution is 7.93. The second-order valence-electron chi connectivity index (χ2n) is 8.57. The molecule has 0 bridgehead atoms. The van der Waals surface area contributed by atoms with Crippen LogP contribution >= 0.6 is 23.2 Å². The number of halogens is 4. The number of likely N-dealkylation sites (N-methyl/N-ethyl adjacent to an activating group) is 1. The van der Waals surface area contributed by atoms with Crippen LogP contribution in [0.3, 0.4) is 0 Å². The number of benzene rings is 1. The zero-order valence-electron chi connectivity index (χ0n) is 19.7. The first-order valence-corrected chi connectivity index (χ1v) is 13.2. The molecule has 3 rings (SSSR count). The van der Waals surface area contributed by atoms with E-state index >= 15 is 0 Å². The number of aromatic nitrogens is 2. The molecule has 2 aromatic rings. The van der Waals surface area contributed by atoms with Crippen LogP contribution in [0.1, 0.15) is 36.2 Å². The first kappa shape index (κ1) is 27.1. The van der Waals surface area contributed by atoms with Crippen molar-refractivity contribution in [2.45, 2.75) is 57.0 Å². The normalized spacial score (nSPS) is 17.1. The summed E-state index contributed by atoms with van der Waals surface area (Å²) in [6.45, 7) is 1.92. The Hall–Kier alpha value is -1.46. The van der Waals surface area contributed by atoms with Gasteiger partial charge >= 0.3 is 6.55 Å². The van der Waals surface area contributed by atoms with Gasteiger partial charge < -0.3 is 9.64 Å². The van der Waals surface area contributed by atoms with Gasteiger partial charge in [-0.05, 0) is 70.8 Å². The average molecular weight is 539 g/mol. The lowest BCUT2D eigenvalue weighted by Gasteiger charge is -2.25. The number of alkyl halides is 2. The van der Waals surface area contributed by atoms with Crippen LogP contribution in [0.2, 0.25) is 10.0 Å². The largest absolute Gasteiger partial charge is 0.380 e. The molecule has 1 atom stereocenters. The predicted molar refractivity (Wildman–Crippen MR) is 130 cm³/mol. The molecule has 190 valence electrons. The van der Waals surface area contributed by atoms with E-state index in [0.717, 1.165) is 13.0 Å². The Balaban J connectivity index is 1.76. The second-order valence-corrected chi connectivity index (χ2v) is 11.1. The van der Waals surface area contributed by atoms with Crippen LogP contribution in [0.15, 0.2) is 17.0 Å². The van der Waals surface area contributed by atoms with E-state index in [1.54, 1.807) is 7.05 Å². The summed E-state index contributed by atoms with van der Waals surface area (Å²) < 4.78 is 61.9. The molecule has 1 saturated heterocycles. The van der Waals surface area contributed by atoms with E-state index in [1.165, 1.54) is 37.1 Å². The number of hydrogen-bond acceptors (Lipinski definition) is 5. The fraction of sp³-hybridized carbons (Fsp3) is 0.591. The maximum Gasteiger partial charge on any atom is 0.328 e. The molecule has 2 heterocycles. The molecule has 1 fully saturated rings. The lowest BCUT2D eigenvalue weighted by molar-refractivity contribution is 0.0844. The summed E-state index contributed by atoms with van der Waals surface area (Å²) >= 11 is 12.6. The van der Waals surface area contributed by atoms with Crippen molar-refractivity contribution in [2.75, 3.05) is 31.1 Å². The molecule has 0 amide bonds. The molecular weight excluding hydrogens is 509 g/mol. The standard InChI is InChI=1S/C22H30Cl2F2N4O3S/c1-14-20(15(2)29(4)27-14)30(22(25)26)34(31,32)21-18(23)11-16(12-19(21)24)7-6-10-33-13-17-8-5-9-28(17)3/h11-12,17,22H,5-10,13H2,1-4H3/t17-/m1/s1. The molecule has 0 saturated carbocycles. The molecule has 0 radical (unpaired) electrons. The number of anilines is 1. The zero-order chi connectivity index (χ0) is 25.2. The van der Waals surface area contributed by atoms with Gasteiger partial charge in [0.2, 0.25) is 0 Å². The van der Waals surface area contributed by atoms with Crippen molar-refractivity contribution >= 4 is 38.9 Å². The highest BCUT2D eigenvalue weighted by atomic mass is 35.5. The Morgan fingerprint density at radius 1 is 1.24 bits per heavy atom. The van der Waals surface area contributed by atoms with Crippen LogP contribution < -0.4 is 4.31 Å². The van der Waals surface area contributed by atoms with E-state index in [-0.39, 0.29) is 31.4 Å². The van der Waals surface area contributed by atoms with Gasteiger partial charge in [-0.3, -0.25) is 4.68 Å². The predicted octanol–water partition coefficient (Wildman–Crippen LogP) is 4.81. The molecule has 0 N–H and O–H groups in total. The lowest BCUT2D eigenvalue weighted by Crippen LogP contribution is -2.36. The maximum absolute atomic E-state index is 14.1. The Morgan fingerprint density at radius 3 is 2.38 bits per heavy atom. The van der Waals surface area contributed by atoms with Gasteiger partial charge in [0.05, 0.1) is 28.0 Å². The second kappa shape index (κ2) is 11.1. The van der Waals surface area contributed by atoms with E-state index in [4.69, 9.17) is 27.9 Å². The summed E-state index contributed by atoms with van der Waals surface area (Å²) in [4.78, 5) is 1.73. The van der Waals surface area contributed by atoms with Crippen LogP contribution in [-0.4, -0.2) is 62.5 Å². The molecule has 0 unspecified atom stereocenters. The third-order valence-electron chi connectivity index (χ3n) is 6.18. The third-order valence-corrected chi connectivity index (χ3v) is 8.82. The van der Waals surface area contributed by atoms with Gasteiger partial charge in [0.15, 0.2) is 0 Å². The molecule has 1 aromatic heterocycles. The highest BCUT2D eigenvalue weighted by Gasteiger charge is 2.38. The molecule has 34 heavy (non-hydrogen) atoms. The van der Waals surface area contributed by atoms with Crippen molar-refractivity contribution in [1.29, 1.82) is 0 Å². The van der Waals surface area contributed by atoms with Crippen LogP contribution in [0, 0.1) is 13.8 Å². The highest BCUT2D eigenvalue weighted by Crippen LogP contribution is 2.38. The van der Waals surface area contributed by atoms with Crippen LogP contribution in [0.5, 0.6) is 0 Å². The summed E-state index contributed by atoms with van der Waals surface area (Å²) in [5.41, 5.74) is 0.928. The van der Waals surface area contributed by atoms with E-state index in [0.29, 0.717) is 37.7 Å². The van der Waals surface area contributed by atoms with E-state index in [2.05, 4.69) is 17.0 Å². The van der Waals surface area contributed by atoms with Gasteiger partial charge in [-0.15, -0.1) is 0 Å². The van der Waals surface area contributed by atoms with Crippen LogP contribution in [0.4, 0.5) is 14.5 Å². The SMILES string of the molecule is Cc1nn(C)c(C)c1N(C(F)F)S(=O)(=O)c1c(Cl)cc(CCCOC[C@H]2CCCN2C)cc1Cl.